The van der Waals surface area contributed by atoms with Gasteiger partial charge in [-0.05, 0) is 49.4 Å². The molecule has 2 saturated carbocycles. The normalized spacial score (nSPS) is 29.2. The first-order valence-electron chi connectivity index (χ1n) is 11.1. The van der Waals surface area contributed by atoms with Crippen molar-refractivity contribution in [1.29, 1.82) is 0 Å². The topological polar surface area (TPSA) is 119 Å². The first kappa shape index (κ1) is 24.8. The highest BCUT2D eigenvalue weighted by atomic mass is 79.9. The number of ether oxygens (including phenoxy) is 2. The van der Waals surface area contributed by atoms with Crippen LogP contribution >= 0.6 is 31.9 Å². The molecule has 3 fully saturated rings. The van der Waals surface area contributed by atoms with Crippen molar-refractivity contribution in [3.63, 3.8) is 0 Å². The summed E-state index contributed by atoms with van der Waals surface area (Å²) in [5.41, 5.74) is 0.784. The minimum Gasteiger partial charge on any atom is -0.462 e. The number of imide groups is 1. The highest BCUT2D eigenvalue weighted by molar-refractivity contribution is 9.12. The maximum atomic E-state index is 12.8. The Morgan fingerprint density at radius 1 is 1.00 bits per heavy atom. The number of likely N-dealkylation sites (tertiary alicyclic amines) is 1. The Balaban J connectivity index is 1.22. The van der Waals surface area contributed by atoms with Gasteiger partial charge in [0.2, 0.25) is 11.8 Å². The number of hydrogen-bond acceptors (Lipinski definition) is 7. The molecule has 11 heteroatoms. The molecule has 182 valence electrons. The van der Waals surface area contributed by atoms with E-state index in [1.165, 1.54) is 29.2 Å². The number of halogens is 2. The fourth-order valence-electron chi connectivity index (χ4n) is 5.15. The third-order valence-corrected chi connectivity index (χ3v) is 9.87. The molecule has 4 rings (SSSR count). The Bertz CT molecular complexity index is 983. The van der Waals surface area contributed by atoms with E-state index in [4.69, 9.17) is 9.47 Å². The lowest BCUT2D eigenvalue weighted by atomic mass is 9.81. The molecule has 2 aliphatic carbocycles. The van der Waals surface area contributed by atoms with Crippen molar-refractivity contribution < 1.29 is 33.4 Å². The number of nitrogens with zero attached hydrogens (tertiary/aromatic N) is 1. The second kappa shape index (κ2) is 10.2. The molecular formula is C23H24Br2N2O7. The van der Waals surface area contributed by atoms with Crippen LogP contribution in [0, 0.1) is 23.7 Å². The van der Waals surface area contributed by atoms with E-state index in [2.05, 4.69) is 37.2 Å². The second-order valence-corrected chi connectivity index (χ2v) is 10.7. The Labute approximate surface area is 213 Å². The maximum absolute atomic E-state index is 12.8. The lowest BCUT2D eigenvalue weighted by Gasteiger charge is -2.28. The van der Waals surface area contributed by atoms with Gasteiger partial charge in [-0.3, -0.25) is 24.1 Å². The average molecular weight is 600 g/mol. The van der Waals surface area contributed by atoms with Crippen molar-refractivity contribution in [2.45, 2.75) is 29.4 Å². The number of carbonyl (C=O) groups is 5. The lowest BCUT2D eigenvalue weighted by molar-refractivity contribution is -0.149. The van der Waals surface area contributed by atoms with Crippen molar-refractivity contribution >= 4 is 67.2 Å². The highest BCUT2D eigenvalue weighted by Gasteiger charge is 2.66. The van der Waals surface area contributed by atoms with Crippen LogP contribution in [0.3, 0.4) is 0 Å². The van der Waals surface area contributed by atoms with E-state index < -0.39 is 24.5 Å². The standard InChI is InChI=1S/C23H24Br2N2O7/c1-2-33-23(32)11-3-5-12(6-4-11)26-15(28)10-34-16(29)7-8-27-21(30)17-13-9-14(18(17)22(27)31)20(25)19(13)24/h3-6,13-14,17-20H,2,7-10H2,1H3,(H,26,28)/t13-,14-,17-,18-,19-,20+/m1/s1. The molecule has 1 heterocycles. The minimum absolute atomic E-state index is 0.0558. The molecule has 9 nitrogen and oxygen atoms in total. The molecule has 0 unspecified atom stereocenters. The van der Waals surface area contributed by atoms with E-state index in [0.29, 0.717) is 11.3 Å². The number of carbonyl (C=O) groups excluding carboxylic acids is 5. The molecule has 3 aliphatic rings. The molecule has 0 aromatic heterocycles. The summed E-state index contributed by atoms with van der Waals surface area (Å²) in [4.78, 5) is 63.0. The number of nitrogens with one attached hydrogen (secondary N) is 1. The molecule has 1 aromatic rings. The lowest BCUT2D eigenvalue weighted by Crippen LogP contribution is -2.37. The zero-order valence-electron chi connectivity index (χ0n) is 18.4. The molecule has 1 aromatic carbocycles. The largest absolute Gasteiger partial charge is 0.462 e. The first-order valence-corrected chi connectivity index (χ1v) is 12.9. The summed E-state index contributed by atoms with van der Waals surface area (Å²) in [7, 11) is 0. The number of hydrogen-bond donors (Lipinski definition) is 1. The quantitative estimate of drug-likeness (QED) is 0.277. The average Bonchev–Trinajstić information content (AvgIpc) is 3.42. The van der Waals surface area contributed by atoms with Gasteiger partial charge in [0.15, 0.2) is 6.61 Å². The van der Waals surface area contributed by atoms with Crippen LogP contribution in [0.25, 0.3) is 0 Å². The first-order chi connectivity index (χ1) is 16.2. The Morgan fingerprint density at radius 2 is 1.59 bits per heavy atom. The molecule has 0 radical (unpaired) electrons. The minimum atomic E-state index is -0.676. The summed E-state index contributed by atoms with van der Waals surface area (Å²) >= 11 is 7.28. The third kappa shape index (κ3) is 4.64. The fourth-order valence-corrected chi connectivity index (χ4v) is 7.03. The molecule has 2 bridgehead atoms. The Morgan fingerprint density at radius 3 is 2.15 bits per heavy atom. The smallest absolute Gasteiger partial charge is 0.338 e. The molecule has 1 N–H and O–H groups in total. The molecule has 1 aliphatic heterocycles. The van der Waals surface area contributed by atoms with Gasteiger partial charge in [-0.15, -0.1) is 0 Å². The van der Waals surface area contributed by atoms with E-state index >= 15 is 0 Å². The number of fused-ring (bicyclic) bond motifs is 5. The summed E-state index contributed by atoms with van der Waals surface area (Å²) in [5, 5.41) is 2.56. The van der Waals surface area contributed by atoms with Crippen LogP contribution < -0.4 is 5.32 Å². The van der Waals surface area contributed by atoms with Crippen molar-refractivity contribution in [1.82, 2.24) is 4.90 Å². The molecule has 3 amide bonds. The number of esters is 2. The van der Waals surface area contributed by atoms with E-state index in [1.807, 2.05) is 0 Å². The maximum Gasteiger partial charge on any atom is 0.338 e. The summed E-state index contributed by atoms with van der Waals surface area (Å²) in [6.07, 6.45) is 0.665. The van der Waals surface area contributed by atoms with E-state index in [1.54, 1.807) is 6.92 Å². The zero-order chi connectivity index (χ0) is 24.6. The van der Waals surface area contributed by atoms with Crippen molar-refractivity contribution in [3.05, 3.63) is 29.8 Å². The Hall–Kier alpha value is -2.27. The van der Waals surface area contributed by atoms with Gasteiger partial charge >= 0.3 is 11.9 Å². The van der Waals surface area contributed by atoms with Gasteiger partial charge < -0.3 is 14.8 Å². The van der Waals surface area contributed by atoms with Gasteiger partial charge in [0.05, 0.1) is 30.4 Å². The van der Waals surface area contributed by atoms with Crippen LogP contribution in [-0.4, -0.2) is 64.0 Å². The molecular weight excluding hydrogens is 576 g/mol. The van der Waals surface area contributed by atoms with Gasteiger partial charge in [-0.1, -0.05) is 31.9 Å². The summed E-state index contributed by atoms with van der Waals surface area (Å²) < 4.78 is 9.89. The van der Waals surface area contributed by atoms with Gasteiger partial charge in [0.25, 0.3) is 5.91 Å². The van der Waals surface area contributed by atoms with Crippen LogP contribution in [0.2, 0.25) is 0 Å². The van der Waals surface area contributed by atoms with Gasteiger partial charge in [0, 0.05) is 21.9 Å². The van der Waals surface area contributed by atoms with Crippen LogP contribution in [0.5, 0.6) is 0 Å². The summed E-state index contributed by atoms with van der Waals surface area (Å²) in [5.74, 6) is -2.55. The second-order valence-electron chi connectivity index (χ2n) is 8.59. The number of alkyl halides is 2. The number of rotatable bonds is 8. The van der Waals surface area contributed by atoms with Gasteiger partial charge in [0.1, 0.15) is 0 Å². The number of benzene rings is 1. The van der Waals surface area contributed by atoms with E-state index in [9.17, 15) is 24.0 Å². The molecule has 6 atom stereocenters. The predicted octanol–water partition coefficient (Wildman–Crippen LogP) is 2.51. The van der Waals surface area contributed by atoms with Crippen LogP contribution in [0.15, 0.2) is 24.3 Å². The number of anilines is 1. The fraction of sp³-hybridized carbons (Fsp3) is 0.522. The molecule has 1 saturated heterocycles. The molecule has 0 spiro atoms. The van der Waals surface area contributed by atoms with Crippen molar-refractivity contribution in [2.75, 3.05) is 25.1 Å². The predicted molar refractivity (Wildman–Crippen MR) is 127 cm³/mol. The van der Waals surface area contributed by atoms with Gasteiger partial charge in [-0.2, -0.15) is 0 Å². The number of amides is 3. The summed E-state index contributed by atoms with van der Waals surface area (Å²) in [6, 6.07) is 6.10. The summed E-state index contributed by atoms with van der Waals surface area (Å²) in [6.45, 7) is 1.41. The van der Waals surface area contributed by atoms with Crippen LogP contribution in [0.4, 0.5) is 5.69 Å². The monoisotopic (exact) mass is 598 g/mol. The van der Waals surface area contributed by atoms with Gasteiger partial charge in [-0.25, -0.2) is 4.79 Å². The molecule has 34 heavy (non-hydrogen) atoms. The van der Waals surface area contributed by atoms with E-state index in [0.717, 1.165) is 6.42 Å². The highest BCUT2D eigenvalue weighted by Crippen LogP contribution is 2.60. The van der Waals surface area contributed by atoms with E-state index in [-0.39, 0.29) is 64.7 Å². The van der Waals surface area contributed by atoms with Crippen molar-refractivity contribution in [2.24, 2.45) is 23.7 Å². The van der Waals surface area contributed by atoms with Crippen LogP contribution in [0.1, 0.15) is 30.1 Å². The van der Waals surface area contributed by atoms with Crippen molar-refractivity contribution in [3.8, 4) is 0 Å². The third-order valence-electron chi connectivity index (χ3n) is 6.66. The zero-order valence-corrected chi connectivity index (χ0v) is 21.5. The Kier molecular flexibility index (Phi) is 7.42. The van der Waals surface area contributed by atoms with Crippen LogP contribution in [-0.2, 0) is 28.7 Å². The SMILES string of the molecule is CCOC(=O)c1ccc(NC(=O)COC(=O)CCN2C(=O)[C@@H]3[C@H]4C[C@@H]([C@@H](Br)[C@H]4Br)[C@H]3C2=O)cc1.